The summed E-state index contributed by atoms with van der Waals surface area (Å²) in [5.74, 6) is 0. The Balaban J connectivity index is 1.80. The number of H-pyrrole nitrogens is 2. The van der Waals surface area contributed by atoms with E-state index >= 15 is 0 Å². The number of nitrogens with zero attached hydrogens (tertiary/aromatic N) is 2. The maximum absolute atomic E-state index is 11.3. The van der Waals surface area contributed by atoms with Crippen molar-refractivity contribution >= 4 is 32.0 Å². The quantitative estimate of drug-likeness (QED) is 0.523. The molecule has 0 unspecified atom stereocenters. The summed E-state index contributed by atoms with van der Waals surface area (Å²) in [4.78, 5) is 9.12. The van der Waals surface area contributed by atoms with E-state index < -0.39 is 10.0 Å². The van der Waals surface area contributed by atoms with Gasteiger partial charge in [-0.2, -0.15) is 0 Å². The standard InChI is InChI=1S/C17H17N5O2S/c1-10-14-16-13(9-19-22-16)8-18-17(14)21-15(10)12-5-3-4-11(6-12)7-20-25(2,23)24/h3-6,8-9,19-20,22H,7H2,1-2H3. The van der Waals surface area contributed by atoms with E-state index in [1.807, 2.05) is 37.4 Å². The molecule has 3 heterocycles. The van der Waals surface area contributed by atoms with Crippen molar-refractivity contribution in [3.8, 4) is 11.3 Å². The number of aromatic nitrogens is 4. The Morgan fingerprint density at radius 2 is 2.12 bits per heavy atom. The van der Waals surface area contributed by atoms with E-state index in [-0.39, 0.29) is 6.54 Å². The third-order valence-electron chi connectivity index (χ3n) is 4.20. The fourth-order valence-corrected chi connectivity index (χ4v) is 3.45. The summed E-state index contributed by atoms with van der Waals surface area (Å²) in [5, 5.41) is 8.12. The van der Waals surface area contributed by atoms with Gasteiger partial charge in [0.1, 0.15) is 0 Å². The average Bonchev–Trinajstić information content (AvgIpc) is 3.16. The van der Waals surface area contributed by atoms with Gasteiger partial charge < -0.3 is 5.10 Å². The molecular formula is C17H17N5O2S. The summed E-state index contributed by atoms with van der Waals surface area (Å²) in [5.41, 5.74) is 5.38. The molecule has 0 aliphatic rings. The van der Waals surface area contributed by atoms with Crippen LogP contribution in [0.5, 0.6) is 0 Å². The number of benzene rings is 1. The van der Waals surface area contributed by atoms with Crippen LogP contribution >= 0.6 is 0 Å². The van der Waals surface area contributed by atoms with Gasteiger partial charge in [-0.3, -0.25) is 5.10 Å². The lowest BCUT2D eigenvalue weighted by Crippen LogP contribution is -2.21. The topological polar surface area (TPSA) is 104 Å². The summed E-state index contributed by atoms with van der Waals surface area (Å²) in [6.45, 7) is 2.27. The van der Waals surface area contributed by atoms with Gasteiger partial charge in [-0.05, 0) is 24.1 Å². The predicted molar refractivity (Wildman–Crippen MR) is 97.6 cm³/mol. The number of fused-ring (bicyclic) bond motifs is 3. The Hall–Kier alpha value is -2.71. The highest BCUT2D eigenvalue weighted by molar-refractivity contribution is 7.88. The molecule has 128 valence electrons. The molecule has 0 spiro atoms. The molecule has 0 amide bonds. The van der Waals surface area contributed by atoms with Crippen molar-refractivity contribution in [3.05, 3.63) is 47.8 Å². The second kappa shape index (κ2) is 5.68. The number of pyridine rings is 1. The van der Waals surface area contributed by atoms with Crippen LogP contribution in [0.3, 0.4) is 0 Å². The van der Waals surface area contributed by atoms with Crippen molar-refractivity contribution in [2.75, 3.05) is 6.26 Å². The van der Waals surface area contributed by atoms with Crippen LogP contribution in [0.4, 0.5) is 0 Å². The number of aromatic amines is 2. The Labute approximate surface area is 144 Å². The Kier molecular flexibility index (Phi) is 3.59. The van der Waals surface area contributed by atoms with Gasteiger partial charge >= 0.3 is 0 Å². The Morgan fingerprint density at radius 3 is 2.92 bits per heavy atom. The van der Waals surface area contributed by atoms with E-state index in [0.29, 0.717) is 5.65 Å². The van der Waals surface area contributed by atoms with Crippen LogP contribution in [0, 0.1) is 6.92 Å². The molecule has 3 N–H and O–H groups in total. The summed E-state index contributed by atoms with van der Waals surface area (Å²) in [6.07, 6.45) is 4.80. The van der Waals surface area contributed by atoms with E-state index in [4.69, 9.17) is 0 Å². The lowest BCUT2D eigenvalue weighted by Gasteiger charge is -2.05. The van der Waals surface area contributed by atoms with Crippen molar-refractivity contribution < 1.29 is 8.42 Å². The number of nitrogens with one attached hydrogen (secondary N) is 3. The van der Waals surface area contributed by atoms with Gasteiger partial charge in [0.15, 0.2) is 5.65 Å². The van der Waals surface area contributed by atoms with Gasteiger partial charge in [0, 0.05) is 35.3 Å². The van der Waals surface area contributed by atoms with E-state index in [2.05, 4.69) is 24.9 Å². The highest BCUT2D eigenvalue weighted by atomic mass is 32.2. The second-order valence-electron chi connectivity index (χ2n) is 6.08. The first-order chi connectivity index (χ1) is 11.9. The first kappa shape index (κ1) is 15.8. The van der Waals surface area contributed by atoms with Crippen LogP contribution in [0.25, 0.3) is 33.2 Å². The smallest absolute Gasteiger partial charge is 0.209 e. The molecule has 0 bridgehead atoms. The zero-order valence-electron chi connectivity index (χ0n) is 13.8. The molecular weight excluding hydrogens is 338 g/mol. The minimum Gasteiger partial charge on any atom is -0.307 e. The van der Waals surface area contributed by atoms with Crippen LogP contribution in [-0.4, -0.2) is 34.8 Å². The fraction of sp³-hybridized carbons (Fsp3) is 0.176. The molecule has 0 aliphatic carbocycles. The largest absolute Gasteiger partial charge is 0.307 e. The molecule has 1 aromatic carbocycles. The molecule has 0 radical (unpaired) electrons. The monoisotopic (exact) mass is 355 g/mol. The highest BCUT2D eigenvalue weighted by Crippen LogP contribution is 2.32. The average molecular weight is 355 g/mol. The molecule has 0 saturated heterocycles. The van der Waals surface area contributed by atoms with Gasteiger partial charge in [0.25, 0.3) is 0 Å². The fourth-order valence-electron chi connectivity index (χ4n) is 3.02. The number of sulfonamides is 1. The summed E-state index contributed by atoms with van der Waals surface area (Å²) >= 11 is 0. The molecule has 0 aliphatic heterocycles. The molecule has 0 saturated carbocycles. The highest BCUT2D eigenvalue weighted by Gasteiger charge is 2.15. The zero-order chi connectivity index (χ0) is 17.6. The van der Waals surface area contributed by atoms with Crippen molar-refractivity contribution in [3.63, 3.8) is 0 Å². The summed E-state index contributed by atoms with van der Waals surface area (Å²) in [6, 6.07) is 7.70. The molecule has 4 aromatic rings. The summed E-state index contributed by atoms with van der Waals surface area (Å²) in [7, 11) is -3.23. The number of hydrogen-bond acceptors (Lipinski definition) is 4. The van der Waals surface area contributed by atoms with E-state index in [1.165, 1.54) is 0 Å². The summed E-state index contributed by atoms with van der Waals surface area (Å²) < 4.78 is 25.1. The number of rotatable bonds is 4. The molecule has 4 rings (SSSR count). The van der Waals surface area contributed by atoms with E-state index in [1.54, 1.807) is 6.20 Å². The van der Waals surface area contributed by atoms with E-state index in [9.17, 15) is 8.42 Å². The third-order valence-corrected chi connectivity index (χ3v) is 4.87. The number of hydrogen-bond donors (Lipinski definition) is 3. The number of aryl methyl sites for hydroxylation is 1. The first-order valence-electron chi connectivity index (χ1n) is 7.77. The van der Waals surface area contributed by atoms with Crippen molar-refractivity contribution in [2.24, 2.45) is 0 Å². The normalized spacial score (nSPS) is 12.2. The molecule has 0 atom stereocenters. The van der Waals surface area contributed by atoms with Crippen LogP contribution in [0.2, 0.25) is 0 Å². The van der Waals surface area contributed by atoms with Gasteiger partial charge in [0.05, 0.1) is 17.5 Å². The van der Waals surface area contributed by atoms with Crippen molar-refractivity contribution in [2.45, 2.75) is 13.5 Å². The molecule has 8 heteroatoms. The minimum absolute atomic E-state index is 0.250. The van der Waals surface area contributed by atoms with Crippen LogP contribution in [-0.2, 0) is 16.6 Å². The molecule has 3 aromatic heterocycles. The lowest BCUT2D eigenvalue weighted by molar-refractivity contribution is 0.587. The molecule has 7 nitrogen and oxygen atoms in total. The van der Waals surface area contributed by atoms with Gasteiger partial charge in [0.2, 0.25) is 10.0 Å². The lowest BCUT2D eigenvalue weighted by atomic mass is 10.0. The van der Waals surface area contributed by atoms with Gasteiger partial charge in [-0.25, -0.2) is 23.1 Å². The maximum Gasteiger partial charge on any atom is 0.209 e. The van der Waals surface area contributed by atoms with Gasteiger partial charge in [-0.1, -0.05) is 18.2 Å². The van der Waals surface area contributed by atoms with Crippen molar-refractivity contribution in [1.29, 1.82) is 0 Å². The third kappa shape index (κ3) is 2.90. The first-order valence-corrected chi connectivity index (χ1v) is 9.66. The van der Waals surface area contributed by atoms with Crippen LogP contribution < -0.4 is 4.72 Å². The zero-order valence-corrected chi connectivity index (χ0v) is 14.6. The van der Waals surface area contributed by atoms with Gasteiger partial charge in [-0.15, -0.1) is 0 Å². The maximum atomic E-state index is 11.3. The Bertz CT molecular complexity index is 1190. The predicted octanol–water partition coefficient (Wildman–Crippen LogP) is 2.46. The van der Waals surface area contributed by atoms with Crippen LogP contribution in [0.15, 0.2) is 36.7 Å². The second-order valence-corrected chi connectivity index (χ2v) is 7.91. The van der Waals surface area contributed by atoms with Crippen LogP contribution in [0.1, 0.15) is 11.1 Å². The SMILES string of the molecule is Cc1c(-c2cccc(CNS(C)(=O)=O)c2)nc2ncc3c[nH][nH]c3c12. The molecule has 25 heavy (non-hydrogen) atoms. The molecule has 0 fully saturated rings. The van der Waals surface area contributed by atoms with E-state index in [0.717, 1.165) is 44.9 Å². The van der Waals surface area contributed by atoms with Crippen molar-refractivity contribution in [1.82, 2.24) is 24.9 Å². The minimum atomic E-state index is -3.23. The Morgan fingerprint density at radius 1 is 1.28 bits per heavy atom.